The van der Waals surface area contributed by atoms with Crippen LogP contribution >= 0.6 is 34.5 Å². The van der Waals surface area contributed by atoms with Crippen LogP contribution in [0.25, 0.3) is 10.2 Å². The van der Waals surface area contributed by atoms with E-state index in [1.165, 1.54) is 0 Å². The van der Waals surface area contributed by atoms with Gasteiger partial charge in [0.05, 0.1) is 25.9 Å². The molecule has 18 heavy (non-hydrogen) atoms. The van der Waals surface area contributed by atoms with Crippen molar-refractivity contribution in [3.05, 3.63) is 52.5 Å². The van der Waals surface area contributed by atoms with E-state index in [0.717, 1.165) is 21.0 Å². The zero-order chi connectivity index (χ0) is 12.5. The predicted octanol–water partition coefficient (Wildman–Crippen LogP) is 5.35. The third-order valence-electron chi connectivity index (χ3n) is 2.49. The largest absolute Gasteiger partial charge is 0.330 e. The zero-order valence-electron chi connectivity index (χ0n) is 9.15. The lowest BCUT2D eigenvalue weighted by Crippen LogP contribution is -1.90. The maximum Gasteiger partial charge on any atom is 0.188 e. The first-order chi connectivity index (χ1) is 8.74. The maximum absolute atomic E-state index is 6.12. The summed E-state index contributed by atoms with van der Waals surface area (Å²) in [4.78, 5) is 4.48. The van der Waals surface area contributed by atoms with Crippen molar-refractivity contribution in [2.75, 3.05) is 5.32 Å². The summed E-state index contributed by atoms with van der Waals surface area (Å²) in [7, 11) is 0. The van der Waals surface area contributed by atoms with Crippen molar-refractivity contribution in [3.63, 3.8) is 0 Å². The summed E-state index contributed by atoms with van der Waals surface area (Å²) in [5, 5.41) is 5.04. The summed E-state index contributed by atoms with van der Waals surface area (Å²) in [6, 6.07) is 13.5. The van der Waals surface area contributed by atoms with Gasteiger partial charge in [-0.2, -0.15) is 0 Å². The van der Waals surface area contributed by atoms with Crippen molar-refractivity contribution in [1.29, 1.82) is 0 Å². The Bertz CT molecular complexity index is 676. The molecule has 3 rings (SSSR count). The van der Waals surface area contributed by atoms with Crippen LogP contribution in [-0.2, 0) is 0 Å². The fourth-order valence-electron chi connectivity index (χ4n) is 1.64. The van der Waals surface area contributed by atoms with Gasteiger partial charge in [0.2, 0.25) is 0 Å². The topological polar surface area (TPSA) is 24.9 Å². The van der Waals surface area contributed by atoms with Crippen molar-refractivity contribution >= 4 is 55.6 Å². The molecule has 0 fully saturated rings. The van der Waals surface area contributed by atoms with Gasteiger partial charge in [-0.05, 0) is 24.3 Å². The smallest absolute Gasteiger partial charge is 0.188 e. The number of benzene rings is 2. The van der Waals surface area contributed by atoms with Crippen LogP contribution in [0.15, 0.2) is 42.5 Å². The van der Waals surface area contributed by atoms with Gasteiger partial charge in [0.25, 0.3) is 0 Å². The molecular weight excluding hydrogens is 287 g/mol. The van der Waals surface area contributed by atoms with Crippen LogP contribution in [0.2, 0.25) is 10.0 Å². The number of hydrogen-bond donors (Lipinski definition) is 1. The number of para-hydroxylation sites is 1. The predicted molar refractivity (Wildman–Crippen MR) is 79.4 cm³/mol. The molecule has 5 heteroatoms. The molecule has 1 aromatic heterocycles. The highest BCUT2D eigenvalue weighted by Crippen LogP contribution is 2.34. The Labute approximate surface area is 118 Å². The molecule has 0 aliphatic carbocycles. The Morgan fingerprint density at radius 2 is 1.83 bits per heavy atom. The van der Waals surface area contributed by atoms with E-state index in [2.05, 4.69) is 10.3 Å². The standard InChI is InChI=1S/C13H8Cl2N2S/c14-8-4-3-6-10(12(8)15)17-13-16-9-5-1-2-7-11(9)18-13/h1-7H,(H,16,17). The number of aromatic nitrogens is 1. The van der Waals surface area contributed by atoms with Gasteiger partial charge in [0.15, 0.2) is 5.13 Å². The molecule has 3 aromatic rings. The number of nitrogens with one attached hydrogen (secondary N) is 1. The highest BCUT2D eigenvalue weighted by molar-refractivity contribution is 7.22. The monoisotopic (exact) mass is 294 g/mol. The summed E-state index contributed by atoms with van der Waals surface area (Å²) in [6.45, 7) is 0. The summed E-state index contributed by atoms with van der Waals surface area (Å²) in [6.07, 6.45) is 0. The Morgan fingerprint density at radius 3 is 2.67 bits per heavy atom. The number of rotatable bonds is 2. The second-order valence-electron chi connectivity index (χ2n) is 3.71. The average molecular weight is 295 g/mol. The molecule has 0 amide bonds. The Hall–Kier alpha value is -1.29. The number of fused-ring (bicyclic) bond motifs is 1. The maximum atomic E-state index is 6.12. The summed E-state index contributed by atoms with van der Waals surface area (Å²) in [5.74, 6) is 0. The van der Waals surface area contributed by atoms with E-state index in [0.29, 0.717) is 10.0 Å². The molecule has 0 aliphatic heterocycles. The van der Waals surface area contributed by atoms with Gasteiger partial charge in [-0.15, -0.1) is 0 Å². The van der Waals surface area contributed by atoms with Crippen molar-refractivity contribution in [1.82, 2.24) is 4.98 Å². The van der Waals surface area contributed by atoms with Crippen LogP contribution in [0.4, 0.5) is 10.8 Å². The Balaban J connectivity index is 1.99. The molecule has 1 heterocycles. The molecule has 0 spiro atoms. The lowest BCUT2D eigenvalue weighted by molar-refractivity contribution is 1.44. The molecule has 0 bridgehead atoms. The van der Waals surface area contributed by atoms with Gasteiger partial charge < -0.3 is 5.32 Å². The Morgan fingerprint density at radius 1 is 1.00 bits per heavy atom. The number of halogens is 2. The van der Waals surface area contributed by atoms with Crippen LogP contribution in [0.5, 0.6) is 0 Å². The molecule has 0 radical (unpaired) electrons. The van der Waals surface area contributed by atoms with Crippen molar-refractivity contribution in [2.45, 2.75) is 0 Å². The van der Waals surface area contributed by atoms with Crippen LogP contribution < -0.4 is 5.32 Å². The van der Waals surface area contributed by atoms with Crippen LogP contribution in [0.1, 0.15) is 0 Å². The third-order valence-corrected chi connectivity index (χ3v) is 4.26. The van der Waals surface area contributed by atoms with E-state index in [4.69, 9.17) is 23.2 Å². The summed E-state index contributed by atoms with van der Waals surface area (Å²) < 4.78 is 1.14. The van der Waals surface area contributed by atoms with Crippen LogP contribution in [0.3, 0.4) is 0 Å². The van der Waals surface area contributed by atoms with E-state index in [1.807, 2.05) is 36.4 Å². The summed E-state index contributed by atoms with van der Waals surface area (Å²) >= 11 is 13.7. The van der Waals surface area contributed by atoms with Gasteiger partial charge in [-0.25, -0.2) is 4.98 Å². The van der Waals surface area contributed by atoms with Crippen molar-refractivity contribution in [3.8, 4) is 0 Å². The minimum absolute atomic E-state index is 0.512. The molecule has 2 aromatic carbocycles. The lowest BCUT2D eigenvalue weighted by Gasteiger charge is -2.05. The molecule has 2 nitrogen and oxygen atoms in total. The lowest BCUT2D eigenvalue weighted by atomic mass is 10.3. The number of hydrogen-bond acceptors (Lipinski definition) is 3. The van der Waals surface area contributed by atoms with E-state index in [1.54, 1.807) is 17.4 Å². The average Bonchev–Trinajstić information content (AvgIpc) is 2.77. The van der Waals surface area contributed by atoms with Gasteiger partial charge >= 0.3 is 0 Å². The normalized spacial score (nSPS) is 10.8. The number of nitrogens with zero attached hydrogens (tertiary/aromatic N) is 1. The second kappa shape index (κ2) is 4.76. The fourth-order valence-corrected chi connectivity index (χ4v) is 2.87. The van der Waals surface area contributed by atoms with E-state index in [9.17, 15) is 0 Å². The van der Waals surface area contributed by atoms with Crippen molar-refractivity contribution in [2.24, 2.45) is 0 Å². The molecule has 1 N–H and O–H groups in total. The molecule has 0 saturated heterocycles. The Kier molecular flexibility index (Phi) is 3.12. The molecule has 90 valence electrons. The fraction of sp³-hybridized carbons (Fsp3) is 0. The van der Waals surface area contributed by atoms with Gasteiger partial charge in [-0.3, -0.25) is 0 Å². The molecule has 0 saturated carbocycles. The molecule has 0 aliphatic rings. The first-order valence-corrected chi connectivity index (χ1v) is 6.88. The molecule has 0 atom stereocenters. The zero-order valence-corrected chi connectivity index (χ0v) is 11.5. The first-order valence-electron chi connectivity index (χ1n) is 5.30. The number of thiazole rings is 1. The quantitative estimate of drug-likeness (QED) is 0.689. The highest BCUT2D eigenvalue weighted by atomic mass is 35.5. The second-order valence-corrected chi connectivity index (χ2v) is 5.53. The third kappa shape index (κ3) is 2.17. The minimum atomic E-state index is 0.512. The van der Waals surface area contributed by atoms with Crippen LogP contribution in [-0.4, -0.2) is 4.98 Å². The van der Waals surface area contributed by atoms with Gasteiger partial charge in [0.1, 0.15) is 0 Å². The van der Waals surface area contributed by atoms with E-state index in [-0.39, 0.29) is 0 Å². The SMILES string of the molecule is Clc1cccc(Nc2nc3ccccc3s2)c1Cl. The van der Waals surface area contributed by atoms with E-state index >= 15 is 0 Å². The summed E-state index contributed by atoms with van der Waals surface area (Å²) in [5.41, 5.74) is 1.74. The van der Waals surface area contributed by atoms with Crippen LogP contribution in [0, 0.1) is 0 Å². The van der Waals surface area contributed by atoms with Gasteiger partial charge in [-0.1, -0.05) is 52.7 Å². The van der Waals surface area contributed by atoms with Crippen molar-refractivity contribution < 1.29 is 0 Å². The minimum Gasteiger partial charge on any atom is -0.330 e. The number of anilines is 2. The van der Waals surface area contributed by atoms with Gasteiger partial charge in [0, 0.05) is 0 Å². The van der Waals surface area contributed by atoms with E-state index < -0.39 is 0 Å². The highest BCUT2D eigenvalue weighted by Gasteiger charge is 2.07. The molecular formula is C13H8Cl2N2S. The molecule has 0 unspecified atom stereocenters. The first kappa shape index (κ1) is 11.8.